The second-order valence-electron chi connectivity index (χ2n) is 5.27. The lowest BCUT2D eigenvalue weighted by molar-refractivity contribution is 0.641. The van der Waals surface area contributed by atoms with Crippen LogP contribution < -0.4 is 10.6 Å². The van der Waals surface area contributed by atoms with Gasteiger partial charge in [-0.1, -0.05) is 0 Å². The minimum atomic E-state index is 0.0912. The van der Waals surface area contributed by atoms with E-state index in [1.807, 2.05) is 30.8 Å². The fourth-order valence-electron chi connectivity index (χ4n) is 2.19. The minimum Gasteiger partial charge on any atom is -0.384 e. The third-order valence-electron chi connectivity index (χ3n) is 3.03. The third kappa shape index (κ3) is 2.77. The molecule has 0 amide bonds. The molecule has 0 bridgehead atoms. The van der Waals surface area contributed by atoms with E-state index in [-0.39, 0.29) is 10.6 Å². The number of aryl methyl sites for hydroxylation is 1. The summed E-state index contributed by atoms with van der Waals surface area (Å²) in [5.41, 5.74) is 7.35. The average Bonchev–Trinajstić information content (AvgIpc) is 2.27. The van der Waals surface area contributed by atoms with Crippen molar-refractivity contribution in [2.75, 3.05) is 23.7 Å². The summed E-state index contributed by atoms with van der Waals surface area (Å²) in [6, 6.07) is 3.80. The average molecular weight is 264 g/mol. The van der Waals surface area contributed by atoms with E-state index in [1.165, 1.54) is 0 Å². The molecular formula is C13H20N4S. The zero-order valence-electron chi connectivity index (χ0n) is 11.2. The Balaban J connectivity index is 2.37. The topological polar surface area (TPSA) is 66.0 Å². The normalized spacial score (nSPS) is 18.7. The van der Waals surface area contributed by atoms with Crippen LogP contribution in [0.2, 0.25) is 0 Å². The molecule has 0 radical (unpaired) electrons. The molecule has 18 heavy (non-hydrogen) atoms. The van der Waals surface area contributed by atoms with E-state index in [1.54, 1.807) is 0 Å². The van der Waals surface area contributed by atoms with Crippen molar-refractivity contribution in [1.29, 1.82) is 5.41 Å². The van der Waals surface area contributed by atoms with Crippen LogP contribution >= 0.6 is 11.8 Å². The van der Waals surface area contributed by atoms with Crippen molar-refractivity contribution in [1.82, 2.24) is 4.98 Å². The molecule has 98 valence electrons. The summed E-state index contributed by atoms with van der Waals surface area (Å²) in [6.07, 6.45) is 0. The summed E-state index contributed by atoms with van der Waals surface area (Å²) in [6.45, 7) is 8.36. The molecule has 2 heterocycles. The van der Waals surface area contributed by atoms with Crippen LogP contribution in [0.4, 0.5) is 5.82 Å². The Kier molecular flexibility index (Phi) is 3.52. The largest absolute Gasteiger partial charge is 0.384 e. The Morgan fingerprint density at radius 2 is 2.22 bits per heavy atom. The van der Waals surface area contributed by atoms with E-state index in [4.69, 9.17) is 11.1 Å². The summed E-state index contributed by atoms with van der Waals surface area (Å²) in [5.74, 6) is 2.03. The Bertz CT molecular complexity index is 470. The molecular weight excluding hydrogens is 244 g/mol. The maximum absolute atomic E-state index is 7.67. The van der Waals surface area contributed by atoms with Crippen molar-refractivity contribution < 1.29 is 0 Å². The highest BCUT2D eigenvalue weighted by atomic mass is 32.2. The highest BCUT2D eigenvalue weighted by molar-refractivity contribution is 8.00. The van der Waals surface area contributed by atoms with Crippen LogP contribution in [0.25, 0.3) is 0 Å². The molecule has 0 aromatic carbocycles. The van der Waals surface area contributed by atoms with Crippen molar-refractivity contribution in [2.45, 2.75) is 25.5 Å². The molecule has 0 saturated carbocycles. The van der Waals surface area contributed by atoms with E-state index in [9.17, 15) is 0 Å². The van der Waals surface area contributed by atoms with Crippen molar-refractivity contribution in [3.05, 3.63) is 23.4 Å². The molecule has 5 heteroatoms. The minimum absolute atomic E-state index is 0.0912. The molecule has 3 N–H and O–H groups in total. The molecule has 4 nitrogen and oxygen atoms in total. The maximum atomic E-state index is 7.67. The lowest BCUT2D eigenvalue weighted by atomic mass is 10.1. The number of anilines is 1. The molecule has 0 aliphatic carbocycles. The van der Waals surface area contributed by atoms with Gasteiger partial charge in [-0.25, -0.2) is 4.98 Å². The lowest BCUT2D eigenvalue weighted by Crippen LogP contribution is -2.44. The van der Waals surface area contributed by atoms with Crippen LogP contribution in [0.3, 0.4) is 0 Å². The van der Waals surface area contributed by atoms with Crippen molar-refractivity contribution >= 4 is 23.4 Å². The first-order valence-corrected chi connectivity index (χ1v) is 7.08. The molecule has 1 aliphatic heterocycles. The van der Waals surface area contributed by atoms with Gasteiger partial charge in [0.05, 0.1) is 5.56 Å². The third-order valence-corrected chi connectivity index (χ3v) is 4.33. The Morgan fingerprint density at radius 1 is 1.50 bits per heavy atom. The van der Waals surface area contributed by atoms with Crippen LogP contribution in [-0.4, -0.2) is 34.4 Å². The first kappa shape index (κ1) is 13.2. The summed E-state index contributed by atoms with van der Waals surface area (Å²) < 4.78 is 0.220. The van der Waals surface area contributed by atoms with Gasteiger partial charge in [-0.3, -0.25) is 5.41 Å². The Labute approximate surface area is 112 Å². The van der Waals surface area contributed by atoms with E-state index in [0.717, 1.165) is 35.9 Å². The van der Waals surface area contributed by atoms with Crippen LogP contribution in [0.5, 0.6) is 0 Å². The highest BCUT2D eigenvalue weighted by Gasteiger charge is 2.29. The van der Waals surface area contributed by atoms with Gasteiger partial charge in [0.25, 0.3) is 0 Å². The number of amidine groups is 1. The van der Waals surface area contributed by atoms with Gasteiger partial charge in [0.2, 0.25) is 0 Å². The van der Waals surface area contributed by atoms with Gasteiger partial charge in [0.1, 0.15) is 11.7 Å². The highest BCUT2D eigenvalue weighted by Crippen LogP contribution is 2.32. The van der Waals surface area contributed by atoms with Gasteiger partial charge in [-0.15, -0.1) is 0 Å². The predicted octanol–water partition coefficient (Wildman–Crippen LogP) is 2.01. The Hall–Kier alpha value is -1.23. The number of rotatable bonds is 2. The number of thioether (sulfide) groups is 1. The van der Waals surface area contributed by atoms with Gasteiger partial charge in [-0.2, -0.15) is 11.8 Å². The second-order valence-corrected chi connectivity index (χ2v) is 7.07. The first-order valence-electron chi connectivity index (χ1n) is 6.10. The molecule has 1 aromatic rings. The van der Waals surface area contributed by atoms with Crippen LogP contribution in [0.15, 0.2) is 12.1 Å². The number of hydrogen-bond acceptors (Lipinski definition) is 4. The van der Waals surface area contributed by atoms with E-state index in [2.05, 4.69) is 23.7 Å². The molecule has 1 saturated heterocycles. The van der Waals surface area contributed by atoms with Gasteiger partial charge >= 0.3 is 0 Å². The maximum Gasteiger partial charge on any atom is 0.139 e. The van der Waals surface area contributed by atoms with Gasteiger partial charge in [0.15, 0.2) is 0 Å². The predicted molar refractivity (Wildman–Crippen MR) is 78.7 cm³/mol. The smallest absolute Gasteiger partial charge is 0.139 e. The number of aromatic nitrogens is 1. The lowest BCUT2D eigenvalue weighted by Gasteiger charge is -2.39. The summed E-state index contributed by atoms with van der Waals surface area (Å²) in [4.78, 5) is 6.83. The fourth-order valence-corrected chi connectivity index (χ4v) is 3.30. The van der Waals surface area contributed by atoms with Crippen LogP contribution in [0, 0.1) is 12.3 Å². The fraction of sp³-hybridized carbons (Fsp3) is 0.538. The Morgan fingerprint density at radius 3 is 2.83 bits per heavy atom. The standard InChI is InChI=1S/C13H20N4S/c1-9-4-5-10(11(14)15)12(16-9)17-6-7-18-13(2,3)8-17/h4-5H,6-8H2,1-3H3,(H3,14,15). The van der Waals surface area contributed by atoms with E-state index < -0.39 is 0 Å². The SMILES string of the molecule is Cc1ccc(C(=N)N)c(N2CCSC(C)(C)C2)n1. The number of nitrogen functional groups attached to an aromatic ring is 1. The van der Waals surface area contributed by atoms with Crippen LogP contribution in [0.1, 0.15) is 25.1 Å². The monoisotopic (exact) mass is 264 g/mol. The number of nitrogens with zero attached hydrogens (tertiary/aromatic N) is 2. The molecule has 1 aliphatic rings. The van der Waals surface area contributed by atoms with Crippen molar-refractivity contribution in [3.63, 3.8) is 0 Å². The number of nitrogens with one attached hydrogen (secondary N) is 1. The summed E-state index contributed by atoms with van der Waals surface area (Å²) >= 11 is 1.98. The summed E-state index contributed by atoms with van der Waals surface area (Å²) in [7, 11) is 0. The van der Waals surface area contributed by atoms with Gasteiger partial charge in [-0.05, 0) is 32.9 Å². The first-order chi connectivity index (χ1) is 8.39. The van der Waals surface area contributed by atoms with Gasteiger partial charge < -0.3 is 10.6 Å². The molecule has 0 unspecified atom stereocenters. The molecule has 1 aromatic heterocycles. The molecule has 2 rings (SSSR count). The second kappa shape index (κ2) is 4.80. The summed E-state index contributed by atoms with van der Waals surface area (Å²) in [5, 5.41) is 7.67. The zero-order valence-corrected chi connectivity index (χ0v) is 12.0. The molecule has 0 atom stereocenters. The zero-order chi connectivity index (χ0) is 13.3. The van der Waals surface area contributed by atoms with E-state index >= 15 is 0 Å². The van der Waals surface area contributed by atoms with Crippen molar-refractivity contribution in [3.8, 4) is 0 Å². The van der Waals surface area contributed by atoms with Crippen LogP contribution in [-0.2, 0) is 0 Å². The molecule has 0 spiro atoms. The number of pyridine rings is 1. The van der Waals surface area contributed by atoms with E-state index in [0.29, 0.717) is 0 Å². The van der Waals surface area contributed by atoms with Crippen molar-refractivity contribution in [2.24, 2.45) is 5.73 Å². The molecule has 1 fully saturated rings. The number of nitrogens with two attached hydrogens (primary N) is 1. The quantitative estimate of drug-likeness (QED) is 0.633. The van der Waals surface area contributed by atoms with Gasteiger partial charge in [0, 0.05) is 29.3 Å². The number of hydrogen-bond donors (Lipinski definition) is 2.